The predicted molar refractivity (Wildman–Crippen MR) is 44.4 cm³/mol. The lowest BCUT2D eigenvalue weighted by Gasteiger charge is -2.36. The molecule has 0 unspecified atom stereocenters. The van der Waals surface area contributed by atoms with Crippen molar-refractivity contribution in [1.82, 2.24) is 0 Å². The van der Waals surface area contributed by atoms with Crippen LogP contribution in [0.3, 0.4) is 0 Å². The summed E-state index contributed by atoms with van der Waals surface area (Å²) in [5, 5.41) is 0. The Morgan fingerprint density at radius 1 is 0.800 bits per heavy atom. The highest BCUT2D eigenvalue weighted by molar-refractivity contribution is 4.91. The van der Waals surface area contributed by atoms with E-state index in [9.17, 15) is 26.3 Å². The molecule has 0 bridgehead atoms. The van der Waals surface area contributed by atoms with Crippen molar-refractivity contribution in [2.45, 2.75) is 51.9 Å². The third kappa shape index (κ3) is 2.78. The summed E-state index contributed by atoms with van der Waals surface area (Å²) in [6, 6.07) is 0. The quantitative estimate of drug-likeness (QED) is 0.621. The van der Waals surface area contributed by atoms with Gasteiger partial charge in [0.25, 0.3) is 0 Å². The Hall–Kier alpha value is -0.420. The molecule has 0 aliphatic heterocycles. The predicted octanol–water partition coefficient (Wildman–Crippen LogP) is 4.70. The molecule has 0 N–H and O–H groups in total. The van der Waals surface area contributed by atoms with Crippen molar-refractivity contribution in [3.63, 3.8) is 0 Å². The first-order valence-corrected chi connectivity index (χ1v) is 4.76. The van der Waals surface area contributed by atoms with Gasteiger partial charge in [0, 0.05) is 0 Å². The topological polar surface area (TPSA) is 0 Å². The normalized spacial score (nSPS) is 14.4. The summed E-state index contributed by atoms with van der Waals surface area (Å²) in [6.45, 7) is 2.49. The number of halogens is 6. The molecule has 0 aromatic rings. The fourth-order valence-corrected chi connectivity index (χ4v) is 1.50. The van der Waals surface area contributed by atoms with Crippen LogP contribution in [0.15, 0.2) is 0 Å². The molecule has 0 saturated heterocycles. The van der Waals surface area contributed by atoms with E-state index in [1.807, 2.05) is 0 Å². The maximum absolute atomic E-state index is 12.5. The first-order valence-electron chi connectivity index (χ1n) is 4.76. The van der Waals surface area contributed by atoms with Crippen molar-refractivity contribution in [2.75, 3.05) is 0 Å². The molecule has 0 atom stereocenters. The van der Waals surface area contributed by atoms with Crippen LogP contribution in [0.25, 0.3) is 0 Å². The Balaban J connectivity index is 5.13. The molecular weight excluding hydrogens is 222 g/mol. The lowest BCUT2D eigenvalue weighted by molar-refractivity contribution is -0.344. The standard InChI is InChI=1S/C9H14F6/c1-3-5-6-7(4-2,8(10,11)12)9(13,14)15/h3-6H2,1-2H3. The summed E-state index contributed by atoms with van der Waals surface area (Å²) in [4.78, 5) is 0. The van der Waals surface area contributed by atoms with Gasteiger partial charge in [-0.1, -0.05) is 26.7 Å². The van der Waals surface area contributed by atoms with E-state index >= 15 is 0 Å². The Bertz CT molecular complexity index is 176. The van der Waals surface area contributed by atoms with Crippen molar-refractivity contribution in [3.05, 3.63) is 0 Å². The fourth-order valence-electron chi connectivity index (χ4n) is 1.50. The van der Waals surface area contributed by atoms with Crippen LogP contribution in [-0.4, -0.2) is 12.4 Å². The van der Waals surface area contributed by atoms with E-state index in [4.69, 9.17) is 0 Å². The molecule has 92 valence electrons. The SMILES string of the molecule is CCCCC(CC)(C(F)(F)F)C(F)(F)F. The van der Waals surface area contributed by atoms with E-state index in [0.29, 0.717) is 6.42 Å². The smallest absolute Gasteiger partial charge is 0.170 e. The van der Waals surface area contributed by atoms with Gasteiger partial charge in [-0.2, -0.15) is 26.3 Å². The zero-order valence-electron chi connectivity index (χ0n) is 8.60. The molecule has 0 aromatic carbocycles. The van der Waals surface area contributed by atoms with Crippen molar-refractivity contribution < 1.29 is 26.3 Å². The van der Waals surface area contributed by atoms with Crippen molar-refractivity contribution in [2.24, 2.45) is 5.41 Å². The van der Waals surface area contributed by atoms with Gasteiger partial charge in [0.1, 0.15) is 0 Å². The molecule has 0 saturated carbocycles. The minimum Gasteiger partial charge on any atom is -0.170 e. The van der Waals surface area contributed by atoms with E-state index in [1.165, 1.54) is 0 Å². The minimum atomic E-state index is -5.23. The second-order valence-electron chi connectivity index (χ2n) is 3.53. The van der Waals surface area contributed by atoms with Crippen LogP contribution < -0.4 is 0 Å². The maximum atomic E-state index is 12.5. The molecule has 0 amide bonds. The first kappa shape index (κ1) is 14.6. The highest BCUT2D eigenvalue weighted by atomic mass is 19.4. The van der Waals surface area contributed by atoms with Crippen LogP contribution in [-0.2, 0) is 0 Å². The third-order valence-electron chi connectivity index (χ3n) is 2.65. The van der Waals surface area contributed by atoms with Gasteiger partial charge in [-0.15, -0.1) is 0 Å². The average molecular weight is 236 g/mol. The molecule has 0 fully saturated rings. The van der Waals surface area contributed by atoms with Gasteiger partial charge in [0.2, 0.25) is 0 Å². The summed E-state index contributed by atoms with van der Waals surface area (Å²) in [5.74, 6) is 0. The van der Waals surface area contributed by atoms with Crippen LogP contribution in [0.1, 0.15) is 39.5 Å². The van der Waals surface area contributed by atoms with Gasteiger partial charge in [-0.05, 0) is 12.8 Å². The largest absolute Gasteiger partial charge is 0.403 e. The summed E-state index contributed by atoms with van der Waals surface area (Å²) < 4.78 is 74.8. The van der Waals surface area contributed by atoms with Gasteiger partial charge >= 0.3 is 12.4 Å². The zero-order valence-corrected chi connectivity index (χ0v) is 8.60. The molecule has 0 aliphatic rings. The minimum absolute atomic E-state index is 0.0765. The van der Waals surface area contributed by atoms with E-state index in [1.54, 1.807) is 6.92 Å². The van der Waals surface area contributed by atoms with Crippen molar-refractivity contribution >= 4 is 0 Å². The van der Waals surface area contributed by atoms with Crippen LogP contribution in [0, 0.1) is 5.41 Å². The van der Waals surface area contributed by atoms with Gasteiger partial charge in [-0.3, -0.25) is 0 Å². The highest BCUT2D eigenvalue weighted by Gasteiger charge is 2.68. The summed E-state index contributed by atoms with van der Waals surface area (Å²) >= 11 is 0. The van der Waals surface area contributed by atoms with Gasteiger partial charge in [-0.25, -0.2) is 0 Å². The van der Waals surface area contributed by atoms with Gasteiger partial charge < -0.3 is 0 Å². The highest BCUT2D eigenvalue weighted by Crippen LogP contribution is 2.55. The van der Waals surface area contributed by atoms with Crippen LogP contribution in [0.2, 0.25) is 0 Å². The van der Waals surface area contributed by atoms with Crippen molar-refractivity contribution in [3.8, 4) is 0 Å². The first-order chi connectivity index (χ1) is 6.62. The lowest BCUT2D eigenvalue weighted by Crippen LogP contribution is -2.49. The Morgan fingerprint density at radius 2 is 1.20 bits per heavy atom. The zero-order chi connectivity index (χ0) is 12.3. The second-order valence-corrected chi connectivity index (χ2v) is 3.53. The number of hydrogen-bond donors (Lipinski definition) is 0. The van der Waals surface area contributed by atoms with E-state index in [0.717, 1.165) is 6.92 Å². The molecule has 0 heterocycles. The van der Waals surface area contributed by atoms with Crippen molar-refractivity contribution in [1.29, 1.82) is 0 Å². The molecule has 15 heavy (non-hydrogen) atoms. The fraction of sp³-hybridized carbons (Fsp3) is 1.00. The summed E-state index contributed by atoms with van der Waals surface area (Å²) in [7, 11) is 0. The van der Waals surface area contributed by atoms with Gasteiger partial charge in [0.15, 0.2) is 5.41 Å². The van der Waals surface area contributed by atoms with Crippen LogP contribution in [0.5, 0.6) is 0 Å². The molecule has 0 nitrogen and oxygen atoms in total. The molecule has 6 heteroatoms. The van der Waals surface area contributed by atoms with E-state index < -0.39 is 30.6 Å². The van der Waals surface area contributed by atoms with E-state index in [-0.39, 0.29) is 6.42 Å². The Kier molecular flexibility index (Phi) is 4.49. The Morgan fingerprint density at radius 3 is 1.40 bits per heavy atom. The second kappa shape index (κ2) is 4.61. The Labute approximate surface area is 84.7 Å². The average Bonchev–Trinajstić information content (AvgIpc) is 2.01. The maximum Gasteiger partial charge on any atom is 0.403 e. The molecule has 0 rings (SSSR count). The molecule has 0 aromatic heterocycles. The summed E-state index contributed by atoms with van der Waals surface area (Å²) in [6.07, 6.45) is -12.1. The number of unbranched alkanes of at least 4 members (excludes halogenated alkanes) is 1. The number of alkyl halides is 6. The van der Waals surface area contributed by atoms with Crippen LogP contribution in [0.4, 0.5) is 26.3 Å². The molecule has 0 radical (unpaired) electrons. The third-order valence-corrected chi connectivity index (χ3v) is 2.65. The van der Waals surface area contributed by atoms with Gasteiger partial charge in [0.05, 0.1) is 0 Å². The number of hydrogen-bond acceptors (Lipinski definition) is 0. The molecule has 0 spiro atoms. The molecule has 0 aliphatic carbocycles. The molecular formula is C9H14F6. The monoisotopic (exact) mass is 236 g/mol. The van der Waals surface area contributed by atoms with Crippen LogP contribution >= 0.6 is 0 Å². The van der Waals surface area contributed by atoms with E-state index in [2.05, 4.69) is 0 Å². The lowest BCUT2D eigenvalue weighted by atomic mass is 9.78. The summed E-state index contributed by atoms with van der Waals surface area (Å²) in [5.41, 5.74) is -3.53. The number of rotatable bonds is 4.